The molecule has 0 aromatic carbocycles. The predicted octanol–water partition coefficient (Wildman–Crippen LogP) is 1.15. The number of aryl methyl sites for hydroxylation is 1. The van der Waals surface area contributed by atoms with Crippen molar-refractivity contribution in [3.8, 4) is 0 Å². The molecule has 0 saturated carbocycles. The van der Waals surface area contributed by atoms with E-state index in [2.05, 4.69) is 16.2 Å². The van der Waals surface area contributed by atoms with E-state index >= 15 is 0 Å². The quantitative estimate of drug-likeness (QED) is 0.622. The van der Waals surface area contributed by atoms with Crippen LogP contribution in [0.4, 0.5) is 5.82 Å². The van der Waals surface area contributed by atoms with Gasteiger partial charge in [0.05, 0.1) is 17.2 Å². The normalized spacial score (nSPS) is 14.4. The van der Waals surface area contributed by atoms with E-state index in [1.165, 1.54) is 0 Å². The molecule has 0 aliphatic carbocycles. The summed E-state index contributed by atoms with van der Waals surface area (Å²) >= 11 is 0. The average Bonchev–Trinajstić information content (AvgIpc) is 2.16. The van der Waals surface area contributed by atoms with Gasteiger partial charge in [-0.2, -0.15) is 0 Å². The van der Waals surface area contributed by atoms with Gasteiger partial charge in [-0.15, -0.1) is 0 Å². The molecule has 1 aromatic heterocycles. The van der Waals surface area contributed by atoms with Crippen molar-refractivity contribution in [2.45, 2.75) is 11.8 Å². The van der Waals surface area contributed by atoms with Gasteiger partial charge in [0, 0.05) is 19.9 Å². The van der Waals surface area contributed by atoms with Gasteiger partial charge in [-0.1, -0.05) is 0 Å². The van der Waals surface area contributed by atoms with Gasteiger partial charge in [0.15, 0.2) is 0 Å². The maximum Gasteiger partial charge on any atom is 0.126 e. The third-order valence-corrected chi connectivity index (χ3v) is 3.48. The summed E-state index contributed by atoms with van der Waals surface area (Å²) in [5.41, 5.74) is 0.755. The number of nitrogens with one attached hydrogen (secondary N) is 1. The number of methoxy groups -OCH3 is 1. The molecule has 0 spiro atoms. The number of rotatable bonds is 5. The Kier molecular flexibility index (Phi) is 4.32. The molecule has 0 radical (unpaired) electrons. The van der Waals surface area contributed by atoms with E-state index in [9.17, 15) is 4.21 Å². The number of nitrogens with zero attached hydrogens (tertiary/aromatic N) is 1. The fraction of sp³-hybridized carbons (Fsp3) is 0.455. The summed E-state index contributed by atoms with van der Waals surface area (Å²) in [5, 5.41) is 3.12. The molecule has 0 aliphatic rings. The third-order valence-electron chi connectivity index (χ3n) is 2.11. The van der Waals surface area contributed by atoms with Crippen molar-refractivity contribution in [1.82, 2.24) is 4.98 Å². The Morgan fingerprint density at radius 1 is 1.56 bits per heavy atom. The monoisotopic (exact) mass is 242 g/mol. The highest BCUT2D eigenvalue weighted by atomic mass is 32.2. The lowest BCUT2D eigenvalue weighted by Crippen LogP contribution is -2.10. The highest BCUT2D eigenvalue weighted by Gasteiger charge is 2.07. The standard InChI is InChI=1S/C11H18N2O2S/c1-9-10(16(3,4)14)5-6-11(13-9)12-7-8-15-2/h5-6H,3,7-8H2,1-2,4H3,(H,12,13). The minimum absolute atomic E-state index is 0.627. The minimum atomic E-state index is -2.19. The Labute approximate surface area is 97.1 Å². The van der Waals surface area contributed by atoms with Gasteiger partial charge in [-0.25, -0.2) is 4.98 Å². The van der Waals surface area contributed by atoms with Gasteiger partial charge in [-0.3, -0.25) is 4.21 Å². The molecule has 4 nitrogen and oxygen atoms in total. The summed E-state index contributed by atoms with van der Waals surface area (Å²) in [6, 6.07) is 3.62. The Bertz CT molecular complexity index is 455. The molecule has 1 atom stereocenters. The van der Waals surface area contributed by atoms with Gasteiger partial charge in [0.1, 0.15) is 5.82 Å². The summed E-state index contributed by atoms with van der Waals surface area (Å²) in [4.78, 5) is 5.04. The van der Waals surface area contributed by atoms with Gasteiger partial charge >= 0.3 is 0 Å². The van der Waals surface area contributed by atoms with Crippen LogP contribution in [0.3, 0.4) is 0 Å². The average molecular weight is 242 g/mol. The van der Waals surface area contributed by atoms with E-state index in [0.717, 1.165) is 11.5 Å². The van der Waals surface area contributed by atoms with Crippen molar-refractivity contribution < 1.29 is 8.95 Å². The first-order valence-corrected chi connectivity index (χ1v) is 7.11. The Balaban J connectivity index is 2.83. The van der Waals surface area contributed by atoms with E-state index in [1.54, 1.807) is 13.4 Å². The van der Waals surface area contributed by atoms with E-state index in [1.807, 2.05) is 19.1 Å². The molecule has 1 unspecified atom stereocenters. The van der Waals surface area contributed by atoms with E-state index in [0.29, 0.717) is 18.0 Å². The zero-order chi connectivity index (χ0) is 12.2. The predicted molar refractivity (Wildman–Crippen MR) is 68.8 cm³/mol. The van der Waals surface area contributed by atoms with Crippen molar-refractivity contribution in [1.29, 1.82) is 0 Å². The fourth-order valence-electron chi connectivity index (χ4n) is 1.38. The molecule has 0 bridgehead atoms. The van der Waals surface area contributed by atoms with Crippen LogP contribution in [-0.4, -0.2) is 41.6 Å². The first-order chi connectivity index (χ1) is 7.45. The van der Waals surface area contributed by atoms with Crippen molar-refractivity contribution in [3.63, 3.8) is 0 Å². The molecular weight excluding hydrogens is 224 g/mol. The zero-order valence-electron chi connectivity index (χ0n) is 9.95. The Morgan fingerprint density at radius 2 is 2.25 bits per heavy atom. The molecule has 5 heteroatoms. The van der Waals surface area contributed by atoms with Crippen LogP contribution < -0.4 is 5.32 Å². The lowest BCUT2D eigenvalue weighted by Gasteiger charge is -2.10. The van der Waals surface area contributed by atoms with Crippen LogP contribution in [0, 0.1) is 6.92 Å². The summed E-state index contributed by atoms with van der Waals surface area (Å²) in [6.45, 7) is 3.17. The van der Waals surface area contributed by atoms with Gasteiger partial charge in [0.2, 0.25) is 0 Å². The fourth-order valence-corrected chi connectivity index (χ4v) is 2.41. The van der Waals surface area contributed by atoms with Gasteiger partial charge < -0.3 is 10.1 Å². The summed E-state index contributed by atoms with van der Waals surface area (Å²) in [5.74, 6) is 4.42. The molecule has 90 valence electrons. The number of pyridine rings is 1. The molecular formula is C11H18N2O2S. The van der Waals surface area contributed by atoms with Gasteiger partial charge in [0.25, 0.3) is 0 Å². The SMILES string of the molecule is C=S(C)(=O)c1ccc(NCCOC)nc1C. The highest BCUT2D eigenvalue weighted by Crippen LogP contribution is 2.15. The van der Waals surface area contributed by atoms with Crippen molar-refractivity contribution >= 4 is 21.2 Å². The maximum atomic E-state index is 11.8. The highest BCUT2D eigenvalue weighted by molar-refractivity contribution is 7.99. The molecule has 1 heterocycles. The molecule has 0 saturated heterocycles. The second-order valence-electron chi connectivity index (χ2n) is 3.70. The number of anilines is 1. The van der Waals surface area contributed by atoms with Crippen LogP contribution in [0.5, 0.6) is 0 Å². The lowest BCUT2D eigenvalue weighted by molar-refractivity contribution is 0.210. The summed E-state index contributed by atoms with van der Waals surface area (Å²) in [6.07, 6.45) is 1.62. The molecule has 1 N–H and O–H groups in total. The van der Waals surface area contributed by atoms with E-state index in [-0.39, 0.29) is 0 Å². The number of ether oxygens (including phenoxy) is 1. The van der Waals surface area contributed by atoms with E-state index < -0.39 is 9.52 Å². The first kappa shape index (κ1) is 13.0. The Morgan fingerprint density at radius 3 is 2.75 bits per heavy atom. The molecule has 0 aliphatic heterocycles. The van der Waals surface area contributed by atoms with Gasteiger partial charge in [-0.05, 0) is 34.4 Å². The van der Waals surface area contributed by atoms with E-state index in [4.69, 9.17) is 4.74 Å². The molecule has 0 fully saturated rings. The van der Waals surface area contributed by atoms with Crippen LogP contribution in [0.2, 0.25) is 0 Å². The van der Waals surface area contributed by atoms with Crippen LogP contribution in [0.1, 0.15) is 5.69 Å². The number of hydrogen-bond donors (Lipinski definition) is 1. The minimum Gasteiger partial charge on any atom is -0.383 e. The second kappa shape index (κ2) is 5.32. The molecule has 0 amide bonds. The van der Waals surface area contributed by atoms with Crippen LogP contribution in [0.25, 0.3) is 0 Å². The summed E-state index contributed by atoms with van der Waals surface area (Å²) in [7, 11) is -0.539. The third kappa shape index (κ3) is 3.50. The smallest absolute Gasteiger partial charge is 0.126 e. The van der Waals surface area contributed by atoms with Crippen LogP contribution in [-0.2, 0) is 14.3 Å². The van der Waals surface area contributed by atoms with Crippen molar-refractivity contribution in [3.05, 3.63) is 17.8 Å². The van der Waals surface area contributed by atoms with Crippen molar-refractivity contribution in [2.75, 3.05) is 31.8 Å². The van der Waals surface area contributed by atoms with Crippen LogP contribution in [0.15, 0.2) is 17.0 Å². The van der Waals surface area contributed by atoms with Crippen LogP contribution >= 0.6 is 0 Å². The molecule has 16 heavy (non-hydrogen) atoms. The lowest BCUT2D eigenvalue weighted by atomic mass is 10.3. The first-order valence-electron chi connectivity index (χ1n) is 4.98. The number of aromatic nitrogens is 1. The second-order valence-corrected chi connectivity index (χ2v) is 6.15. The maximum absolute atomic E-state index is 11.8. The van der Waals surface area contributed by atoms with Crippen molar-refractivity contribution in [2.24, 2.45) is 0 Å². The largest absolute Gasteiger partial charge is 0.383 e. The topological polar surface area (TPSA) is 51.2 Å². The number of hydrogen-bond acceptors (Lipinski definition) is 4. The molecule has 1 rings (SSSR count). The summed E-state index contributed by atoms with van der Waals surface area (Å²) < 4.78 is 16.7. The Hall–Kier alpha value is -1.07. The molecule has 1 aromatic rings. The zero-order valence-corrected chi connectivity index (χ0v) is 10.8.